The van der Waals surface area contributed by atoms with Gasteiger partial charge in [0.05, 0.1) is 6.42 Å². The Labute approximate surface area is 117 Å². The van der Waals surface area contributed by atoms with Crippen LogP contribution in [0.5, 0.6) is 0 Å². The van der Waals surface area contributed by atoms with Crippen LogP contribution < -0.4 is 0 Å². The second-order valence-electron chi connectivity index (χ2n) is 4.91. The average molecular weight is 281 g/mol. The summed E-state index contributed by atoms with van der Waals surface area (Å²) in [6, 6.07) is 4.01. The Morgan fingerprint density at radius 2 is 2.32 bits per heavy atom. The number of aliphatic carboxylic acids is 1. The quantitative estimate of drug-likeness (QED) is 0.871. The van der Waals surface area contributed by atoms with Gasteiger partial charge in [0, 0.05) is 23.9 Å². The molecule has 1 fully saturated rings. The molecule has 1 aliphatic rings. The lowest BCUT2D eigenvalue weighted by Gasteiger charge is -2.23. The van der Waals surface area contributed by atoms with Crippen molar-refractivity contribution in [2.45, 2.75) is 44.6 Å². The molecular weight excluding hydrogens is 262 g/mol. The van der Waals surface area contributed by atoms with Crippen LogP contribution in [0.15, 0.2) is 17.5 Å². The summed E-state index contributed by atoms with van der Waals surface area (Å²) in [5, 5.41) is 10.9. The predicted molar refractivity (Wildman–Crippen MR) is 74.2 cm³/mol. The van der Waals surface area contributed by atoms with E-state index in [-0.39, 0.29) is 18.4 Å². The number of nitrogens with zero attached hydrogens (tertiary/aromatic N) is 1. The molecule has 19 heavy (non-hydrogen) atoms. The first-order valence-electron chi connectivity index (χ1n) is 6.70. The molecule has 0 aliphatic carbocycles. The molecule has 5 heteroatoms. The fourth-order valence-electron chi connectivity index (χ4n) is 2.59. The van der Waals surface area contributed by atoms with Gasteiger partial charge in [0.1, 0.15) is 0 Å². The minimum atomic E-state index is -0.816. The molecule has 1 saturated heterocycles. The summed E-state index contributed by atoms with van der Waals surface area (Å²) >= 11 is 1.71. The Hall–Kier alpha value is -1.36. The van der Waals surface area contributed by atoms with E-state index >= 15 is 0 Å². The molecule has 0 radical (unpaired) electrons. The van der Waals surface area contributed by atoms with E-state index in [1.165, 1.54) is 4.88 Å². The van der Waals surface area contributed by atoms with Crippen LogP contribution in [0.1, 0.15) is 37.0 Å². The Bertz CT molecular complexity index is 430. The lowest BCUT2D eigenvalue weighted by molar-refractivity contribution is -0.139. The van der Waals surface area contributed by atoms with E-state index in [9.17, 15) is 9.59 Å². The predicted octanol–water partition coefficient (Wildman–Crippen LogP) is 2.54. The van der Waals surface area contributed by atoms with E-state index in [4.69, 9.17) is 5.11 Å². The smallest absolute Gasteiger partial charge is 0.305 e. The molecule has 1 aromatic rings. The van der Waals surface area contributed by atoms with E-state index in [1.807, 2.05) is 11.4 Å². The van der Waals surface area contributed by atoms with Gasteiger partial charge in [-0.2, -0.15) is 0 Å². The lowest BCUT2D eigenvalue weighted by atomic mass is 10.1. The lowest BCUT2D eigenvalue weighted by Crippen LogP contribution is -2.36. The molecule has 104 valence electrons. The molecule has 1 N–H and O–H groups in total. The van der Waals surface area contributed by atoms with Crippen molar-refractivity contribution in [3.05, 3.63) is 22.4 Å². The largest absolute Gasteiger partial charge is 0.481 e. The minimum Gasteiger partial charge on any atom is -0.481 e. The zero-order chi connectivity index (χ0) is 13.7. The highest BCUT2D eigenvalue weighted by Crippen LogP contribution is 2.22. The molecule has 4 nitrogen and oxygen atoms in total. The van der Waals surface area contributed by atoms with E-state index in [1.54, 1.807) is 16.2 Å². The topological polar surface area (TPSA) is 57.6 Å². The maximum Gasteiger partial charge on any atom is 0.305 e. The standard InChI is InChI=1S/C14H19NO3S/c16-13(7-1-5-12-6-3-9-19-12)15-8-2-4-11(15)10-14(17)18/h3,6,9,11H,1-2,4-5,7-8,10H2,(H,17,18). The third-order valence-electron chi connectivity index (χ3n) is 3.50. The SMILES string of the molecule is O=C(O)CC1CCCN1C(=O)CCCc1cccs1. The van der Waals surface area contributed by atoms with Crippen LogP contribution in [0.3, 0.4) is 0 Å². The molecule has 0 aromatic carbocycles. The number of carbonyl (C=O) groups is 2. The van der Waals surface area contributed by atoms with Crippen molar-refractivity contribution in [1.82, 2.24) is 4.90 Å². The fraction of sp³-hybridized carbons (Fsp3) is 0.571. The molecule has 1 atom stereocenters. The first-order chi connectivity index (χ1) is 9.16. The second-order valence-corrected chi connectivity index (χ2v) is 5.95. The van der Waals surface area contributed by atoms with Crippen LogP contribution in [-0.4, -0.2) is 34.5 Å². The number of rotatable bonds is 6. The number of hydrogen-bond donors (Lipinski definition) is 1. The monoisotopic (exact) mass is 281 g/mol. The van der Waals surface area contributed by atoms with Gasteiger partial charge in [-0.05, 0) is 37.1 Å². The zero-order valence-electron chi connectivity index (χ0n) is 10.9. The van der Waals surface area contributed by atoms with Gasteiger partial charge in [0.15, 0.2) is 0 Å². The first-order valence-corrected chi connectivity index (χ1v) is 7.58. The van der Waals surface area contributed by atoms with Crippen LogP contribution >= 0.6 is 11.3 Å². The van der Waals surface area contributed by atoms with Crippen LogP contribution in [0.2, 0.25) is 0 Å². The Morgan fingerprint density at radius 3 is 3.00 bits per heavy atom. The number of carbonyl (C=O) groups excluding carboxylic acids is 1. The molecule has 2 heterocycles. The highest BCUT2D eigenvalue weighted by atomic mass is 32.1. The van der Waals surface area contributed by atoms with Crippen molar-refractivity contribution >= 4 is 23.2 Å². The minimum absolute atomic E-state index is 0.0800. The highest BCUT2D eigenvalue weighted by molar-refractivity contribution is 7.09. The third kappa shape index (κ3) is 4.06. The van der Waals surface area contributed by atoms with Gasteiger partial charge in [-0.1, -0.05) is 6.07 Å². The molecule has 1 unspecified atom stereocenters. The van der Waals surface area contributed by atoms with Crippen molar-refractivity contribution in [2.75, 3.05) is 6.54 Å². The summed E-state index contributed by atoms with van der Waals surface area (Å²) in [4.78, 5) is 25.9. The first kappa shape index (κ1) is 14.1. The van der Waals surface area contributed by atoms with Gasteiger partial charge in [-0.3, -0.25) is 9.59 Å². The summed E-state index contributed by atoms with van der Waals surface area (Å²) in [7, 11) is 0. The maximum absolute atomic E-state index is 12.1. The third-order valence-corrected chi connectivity index (χ3v) is 4.44. The van der Waals surface area contributed by atoms with Crippen LogP contribution in [-0.2, 0) is 16.0 Å². The molecule has 1 aliphatic heterocycles. The second kappa shape index (κ2) is 6.70. The number of likely N-dealkylation sites (tertiary alicyclic amines) is 1. The number of carboxylic acids is 1. The molecule has 0 saturated carbocycles. The number of amides is 1. The van der Waals surface area contributed by atoms with Gasteiger partial charge in [0.2, 0.25) is 5.91 Å². The van der Waals surface area contributed by atoms with E-state index in [0.29, 0.717) is 6.42 Å². The molecule has 1 amide bonds. The summed E-state index contributed by atoms with van der Waals surface area (Å²) in [6.07, 6.45) is 4.12. The van der Waals surface area contributed by atoms with Crippen molar-refractivity contribution in [3.8, 4) is 0 Å². The summed E-state index contributed by atoms with van der Waals surface area (Å²) in [5.41, 5.74) is 0. The van der Waals surface area contributed by atoms with Gasteiger partial charge < -0.3 is 10.0 Å². The van der Waals surface area contributed by atoms with E-state index in [0.717, 1.165) is 32.2 Å². The van der Waals surface area contributed by atoms with E-state index < -0.39 is 5.97 Å². The normalized spacial score (nSPS) is 18.7. The Balaban J connectivity index is 1.77. The van der Waals surface area contributed by atoms with Crippen molar-refractivity contribution in [2.24, 2.45) is 0 Å². The Kier molecular flexibility index (Phi) is 4.96. The van der Waals surface area contributed by atoms with Gasteiger partial charge in [-0.15, -0.1) is 11.3 Å². The number of carboxylic acid groups (broad SMARTS) is 1. The van der Waals surface area contributed by atoms with Crippen LogP contribution in [0.25, 0.3) is 0 Å². The average Bonchev–Trinajstić information content (AvgIpc) is 2.99. The maximum atomic E-state index is 12.1. The number of aryl methyl sites for hydroxylation is 1. The zero-order valence-corrected chi connectivity index (χ0v) is 11.7. The highest BCUT2D eigenvalue weighted by Gasteiger charge is 2.29. The molecule has 2 rings (SSSR count). The summed E-state index contributed by atoms with van der Waals surface area (Å²) in [6.45, 7) is 0.718. The van der Waals surface area contributed by atoms with Crippen molar-refractivity contribution in [3.63, 3.8) is 0 Å². The number of hydrogen-bond acceptors (Lipinski definition) is 3. The van der Waals surface area contributed by atoms with Gasteiger partial charge in [-0.25, -0.2) is 0 Å². The fourth-order valence-corrected chi connectivity index (χ4v) is 3.34. The van der Waals surface area contributed by atoms with Crippen LogP contribution in [0.4, 0.5) is 0 Å². The number of thiophene rings is 1. The van der Waals surface area contributed by atoms with E-state index in [2.05, 4.69) is 6.07 Å². The summed E-state index contributed by atoms with van der Waals surface area (Å²) in [5.74, 6) is -0.705. The molecule has 1 aromatic heterocycles. The molecular formula is C14H19NO3S. The summed E-state index contributed by atoms with van der Waals surface area (Å²) < 4.78 is 0. The van der Waals surface area contributed by atoms with Gasteiger partial charge >= 0.3 is 5.97 Å². The Morgan fingerprint density at radius 1 is 1.47 bits per heavy atom. The van der Waals surface area contributed by atoms with Crippen molar-refractivity contribution < 1.29 is 14.7 Å². The molecule has 0 bridgehead atoms. The molecule has 0 spiro atoms. The van der Waals surface area contributed by atoms with Crippen LogP contribution in [0, 0.1) is 0 Å². The van der Waals surface area contributed by atoms with Crippen molar-refractivity contribution in [1.29, 1.82) is 0 Å². The van der Waals surface area contributed by atoms with Gasteiger partial charge in [0.25, 0.3) is 0 Å².